The molecule has 0 bridgehead atoms. The molecule has 86 valence electrons. The molecule has 0 atom stereocenters. The van der Waals surface area contributed by atoms with Crippen LogP contribution in [0.2, 0.25) is 26.2 Å². The van der Waals surface area contributed by atoms with E-state index in [1.807, 2.05) is 0 Å². The molecule has 0 saturated heterocycles. The first-order valence-electron chi connectivity index (χ1n) is 4.76. The van der Waals surface area contributed by atoms with Crippen LogP contribution in [-0.4, -0.2) is 50.3 Å². The summed E-state index contributed by atoms with van der Waals surface area (Å²) in [6.07, 6.45) is 0. The minimum Gasteiger partial charge on any atom is -0.407 e. The smallest absolute Gasteiger partial charge is 0.253 e. The van der Waals surface area contributed by atoms with E-state index in [-0.39, 0.29) is 0 Å². The summed E-state index contributed by atoms with van der Waals surface area (Å²) in [4.78, 5) is 0. The molecule has 0 saturated carbocycles. The van der Waals surface area contributed by atoms with Gasteiger partial charge in [0.15, 0.2) is 0 Å². The number of hydrogen-bond donors (Lipinski definition) is 0. The Balaban J connectivity index is 4.75. The molecule has 0 amide bonds. The molecule has 0 radical (unpaired) electrons. The fourth-order valence-corrected chi connectivity index (χ4v) is 14.9. The van der Waals surface area contributed by atoms with Crippen LogP contribution in [0.3, 0.4) is 0 Å². The highest BCUT2D eigenvalue weighted by Gasteiger charge is 2.41. The van der Waals surface area contributed by atoms with Crippen LogP contribution in [0.4, 0.5) is 0 Å². The zero-order valence-corrected chi connectivity index (χ0v) is 14.2. The average Bonchev–Trinajstić information content (AvgIpc) is 2.13. The second-order valence-corrected chi connectivity index (χ2v) is 16.1. The minimum absolute atomic E-state index is 0.422. The van der Waals surface area contributed by atoms with E-state index in [4.69, 9.17) is 20.5 Å². The predicted octanol–water partition coefficient (Wildman–Crippen LogP) is 1.26. The summed E-state index contributed by atoms with van der Waals surface area (Å²) in [5, 5.41) is 0. The van der Waals surface area contributed by atoms with Gasteiger partial charge in [-0.05, 0) is 26.2 Å². The van der Waals surface area contributed by atoms with Crippen molar-refractivity contribution in [2.45, 2.75) is 26.2 Å². The SMILES string of the molecule is CO[Si](C)(C)N([SiH2]CCl)[Si](C)(C)OC. The Labute approximate surface area is 97.0 Å². The van der Waals surface area contributed by atoms with E-state index in [0.717, 1.165) is 5.50 Å². The molecule has 3 nitrogen and oxygen atoms in total. The maximum Gasteiger partial charge on any atom is 0.253 e. The molecule has 0 fully saturated rings. The molecule has 14 heavy (non-hydrogen) atoms. The summed E-state index contributed by atoms with van der Waals surface area (Å²) in [6.45, 7) is 8.83. The van der Waals surface area contributed by atoms with E-state index in [1.165, 1.54) is 0 Å². The van der Waals surface area contributed by atoms with Crippen LogP contribution >= 0.6 is 11.6 Å². The number of hydrogen-bond acceptors (Lipinski definition) is 3. The summed E-state index contributed by atoms with van der Waals surface area (Å²) >= 11 is 5.88. The first-order valence-corrected chi connectivity index (χ1v) is 12.6. The second kappa shape index (κ2) is 5.78. The molecule has 0 aromatic rings. The zero-order valence-electron chi connectivity index (χ0n) is 10.1. The third-order valence-electron chi connectivity index (χ3n) is 2.61. The Kier molecular flexibility index (Phi) is 6.12. The van der Waals surface area contributed by atoms with E-state index in [0.29, 0.717) is 0 Å². The molecule has 0 spiro atoms. The summed E-state index contributed by atoms with van der Waals surface area (Å²) in [7, 11) is -0.309. The van der Waals surface area contributed by atoms with Crippen LogP contribution in [0.1, 0.15) is 0 Å². The number of rotatable bonds is 6. The molecule has 0 aliphatic heterocycles. The Hall–Kier alpha value is 0.821. The second-order valence-electron chi connectivity index (χ2n) is 4.14. The van der Waals surface area contributed by atoms with Crippen molar-refractivity contribution in [2.75, 3.05) is 19.7 Å². The zero-order chi connectivity index (χ0) is 11.4. The topological polar surface area (TPSA) is 21.7 Å². The van der Waals surface area contributed by atoms with Crippen molar-refractivity contribution >= 4 is 38.2 Å². The number of alkyl halides is 1. The Morgan fingerprint density at radius 1 is 1.07 bits per heavy atom. The van der Waals surface area contributed by atoms with Gasteiger partial charge < -0.3 is 12.7 Å². The third kappa shape index (κ3) is 3.76. The lowest BCUT2D eigenvalue weighted by Crippen LogP contribution is -2.65. The molecule has 7 heteroatoms. The maximum atomic E-state index is 5.88. The first-order chi connectivity index (χ1) is 6.31. The lowest BCUT2D eigenvalue weighted by atomic mass is 11.8. The van der Waals surface area contributed by atoms with Gasteiger partial charge in [0.1, 0.15) is 9.68 Å². The van der Waals surface area contributed by atoms with Crippen LogP contribution in [-0.2, 0) is 8.85 Å². The summed E-state index contributed by atoms with van der Waals surface area (Å²) in [6, 6.07) is 0. The Morgan fingerprint density at radius 3 is 1.64 bits per heavy atom. The molecular weight excluding hydrogens is 250 g/mol. The quantitative estimate of drug-likeness (QED) is 0.536. The van der Waals surface area contributed by atoms with Crippen molar-refractivity contribution in [2.24, 2.45) is 0 Å². The summed E-state index contributed by atoms with van der Waals surface area (Å²) in [5.74, 6) is 0. The summed E-state index contributed by atoms with van der Waals surface area (Å²) in [5.41, 5.74) is 0.763. The van der Waals surface area contributed by atoms with Gasteiger partial charge in [-0.25, -0.2) is 0 Å². The third-order valence-corrected chi connectivity index (χ3v) is 17.5. The molecule has 0 aliphatic carbocycles. The van der Waals surface area contributed by atoms with Crippen LogP contribution in [0.15, 0.2) is 0 Å². The van der Waals surface area contributed by atoms with Crippen molar-refractivity contribution in [3.63, 3.8) is 0 Å². The van der Waals surface area contributed by atoms with Crippen LogP contribution in [0, 0.1) is 0 Å². The molecule has 0 rings (SSSR count). The van der Waals surface area contributed by atoms with Gasteiger partial charge >= 0.3 is 0 Å². The number of nitrogens with zero attached hydrogens (tertiary/aromatic N) is 1. The van der Waals surface area contributed by atoms with Gasteiger partial charge in [0.2, 0.25) is 0 Å². The molecule has 0 N–H and O–H groups in total. The normalized spacial score (nSPS) is 14.6. The van der Waals surface area contributed by atoms with E-state index < -0.39 is 26.6 Å². The van der Waals surface area contributed by atoms with Gasteiger partial charge in [-0.3, -0.25) is 0 Å². The van der Waals surface area contributed by atoms with Crippen LogP contribution < -0.4 is 0 Å². The van der Waals surface area contributed by atoms with E-state index in [2.05, 4.69) is 30.1 Å². The van der Waals surface area contributed by atoms with Gasteiger partial charge in [-0.2, -0.15) is 0 Å². The molecule has 0 aromatic heterocycles. The molecule has 0 aliphatic rings. The Morgan fingerprint density at radius 2 is 1.43 bits per heavy atom. The highest BCUT2D eigenvalue weighted by molar-refractivity contribution is 6.92. The minimum atomic E-state index is -1.74. The van der Waals surface area contributed by atoms with Crippen LogP contribution in [0.25, 0.3) is 0 Å². The highest BCUT2D eigenvalue weighted by Crippen LogP contribution is 2.19. The lowest BCUT2D eigenvalue weighted by molar-refractivity contribution is 0.341. The number of halogens is 1. The van der Waals surface area contributed by atoms with Gasteiger partial charge in [-0.1, -0.05) is 0 Å². The maximum absolute atomic E-state index is 5.88. The van der Waals surface area contributed by atoms with Gasteiger partial charge in [0.05, 0.1) is 0 Å². The lowest BCUT2D eigenvalue weighted by Gasteiger charge is -2.43. The highest BCUT2D eigenvalue weighted by atomic mass is 35.5. The van der Waals surface area contributed by atoms with Crippen molar-refractivity contribution in [3.8, 4) is 0 Å². The van der Waals surface area contributed by atoms with Crippen molar-refractivity contribution in [1.82, 2.24) is 3.90 Å². The monoisotopic (exact) mass is 271 g/mol. The molecule has 0 unspecified atom stereocenters. The fourth-order valence-electron chi connectivity index (χ4n) is 1.49. The van der Waals surface area contributed by atoms with E-state index >= 15 is 0 Å². The van der Waals surface area contributed by atoms with Crippen LogP contribution in [0.5, 0.6) is 0 Å². The van der Waals surface area contributed by atoms with Crippen molar-refractivity contribution < 1.29 is 8.85 Å². The molecule has 0 aromatic carbocycles. The Bertz CT molecular complexity index is 164. The molecular formula is C7H22ClNO2Si3. The summed E-state index contributed by atoms with van der Waals surface area (Å²) < 4.78 is 13.8. The standard InChI is InChI=1S/C7H22ClNO2Si3/c1-10-13(3,4)9(12-7-8)14(5,6)11-2/h7,12H2,1-6H3. The van der Waals surface area contributed by atoms with Gasteiger partial charge in [-0.15, -0.1) is 11.6 Å². The van der Waals surface area contributed by atoms with Gasteiger partial charge in [0.25, 0.3) is 17.0 Å². The van der Waals surface area contributed by atoms with E-state index in [9.17, 15) is 0 Å². The average molecular weight is 272 g/mol. The largest absolute Gasteiger partial charge is 0.407 e. The van der Waals surface area contributed by atoms with E-state index in [1.54, 1.807) is 14.2 Å². The van der Waals surface area contributed by atoms with Crippen molar-refractivity contribution in [3.05, 3.63) is 0 Å². The first kappa shape index (κ1) is 14.8. The predicted molar refractivity (Wildman–Crippen MR) is 70.1 cm³/mol. The van der Waals surface area contributed by atoms with Gasteiger partial charge in [0, 0.05) is 19.7 Å². The fraction of sp³-hybridized carbons (Fsp3) is 1.00. The molecule has 0 heterocycles. The van der Waals surface area contributed by atoms with Crippen molar-refractivity contribution in [1.29, 1.82) is 0 Å².